The zero-order chi connectivity index (χ0) is 21.3. The average Bonchev–Trinajstić information content (AvgIpc) is 2.80. The molecule has 1 aliphatic rings. The van der Waals surface area contributed by atoms with E-state index < -0.39 is 0 Å². The zero-order valence-corrected chi connectivity index (χ0v) is 18.1. The van der Waals surface area contributed by atoms with Crippen molar-refractivity contribution in [3.63, 3.8) is 0 Å². The van der Waals surface area contributed by atoms with Crippen LogP contribution in [0.1, 0.15) is 48.1 Å². The normalized spacial score (nSPS) is 15.3. The number of hydrogen-bond acceptors (Lipinski definition) is 5. The van der Waals surface area contributed by atoms with Crippen LogP contribution in [0.15, 0.2) is 42.5 Å². The number of carbonyl (C=O) groups excluding carboxylic acids is 1. The Labute approximate surface area is 179 Å². The van der Waals surface area contributed by atoms with E-state index in [2.05, 4.69) is 16.3 Å². The van der Waals surface area contributed by atoms with Crippen LogP contribution in [0.3, 0.4) is 0 Å². The van der Waals surface area contributed by atoms with E-state index in [9.17, 15) is 4.79 Å². The monoisotopic (exact) mass is 412 g/mol. The largest absolute Gasteiger partial charge is 0.496 e. The molecule has 0 bridgehead atoms. The molecule has 0 spiro atoms. The Hall–Kier alpha value is -2.73. The second kappa shape index (κ2) is 10.9. The molecule has 6 heteroatoms. The molecule has 6 nitrogen and oxygen atoms in total. The van der Waals surface area contributed by atoms with Gasteiger partial charge in [-0.3, -0.25) is 9.69 Å². The van der Waals surface area contributed by atoms with Gasteiger partial charge >= 0.3 is 0 Å². The molecular formula is C24H32N2O4. The van der Waals surface area contributed by atoms with E-state index >= 15 is 0 Å². The number of nitrogens with zero attached hydrogens (tertiary/aromatic N) is 1. The van der Waals surface area contributed by atoms with Gasteiger partial charge in [-0.2, -0.15) is 0 Å². The van der Waals surface area contributed by atoms with Crippen molar-refractivity contribution in [1.29, 1.82) is 0 Å². The molecule has 3 rings (SSSR count). The molecule has 1 fully saturated rings. The number of piperidine rings is 1. The zero-order valence-electron chi connectivity index (χ0n) is 18.1. The Balaban J connectivity index is 1.77. The van der Waals surface area contributed by atoms with Gasteiger partial charge in [0, 0.05) is 17.7 Å². The summed E-state index contributed by atoms with van der Waals surface area (Å²) in [4.78, 5) is 15.3. The summed E-state index contributed by atoms with van der Waals surface area (Å²) in [5.74, 6) is 1.91. The van der Waals surface area contributed by atoms with Gasteiger partial charge in [0.25, 0.3) is 5.91 Å². The highest BCUT2D eigenvalue weighted by molar-refractivity contribution is 5.94. The highest BCUT2D eigenvalue weighted by Crippen LogP contribution is 2.31. The summed E-state index contributed by atoms with van der Waals surface area (Å²) in [7, 11) is 3.27. The molecule has 1 unspecified atom stereocenters. The van der Waals surface area contributed by atoms with Crippen molar-refractivity contribution in [2.45, 2.75) is 32.2 Å². The number of ether oxygens (including phenoxy) is 3. The third-order valence-corrected chi connectivity index (χ3v) is 5.51. The van der Waals surface area contributed by atoms with Crippen LogP contribution >= 0.6 is 0 Å². The molecule has 162 valence electrons. The fourth-order valence-electron chi connectivity index (χ4n) is 3.98. The molecule has 1 N–H and O–H groups in total. The molecule has 30 heavy (non-hydrogen) atoms. The highest BCUT2D eigenvalue weighted by Gasteiger charge is 2.25. The number of rotatable bonds is 9. The molecule has 2 aromatic rings. The first kappa shape index (κ1) is 22.0. The molecule has 1 saturated heterocycles. The molecule has 0 radical (unpaired) electrons. The number of amides is 1. The van der Waals surface area contributed by atoms with Crippen LogP contribution in [0, 0.1) is 0 Å². The molecule has 1 heterocycles. The van der Waals surface area contributed by atoms with Crippen LogP contribution in [0.2, 0.25) is 0 Å². The van der Waals surface area contributed by atoms with Crippen molar-refractivity contribution in [1.82, 2.24) is 10.2 Å². The number of benzene rings is 2. The molecule has 1 atom stereocenters. The smallest absolute Gasteiger partial charge is 0.251 e. The third kappa shape index (κ3) is 5.25. The summed E-state index contributed by atoms with van der Waals surface area (Å²) < 4.78 is 16.5. The number of methoxy groups -OCH3 is 2. The van der Waals surface area contributed by atoms with Gasteiger partial charge < -0.3 is 19.5 Å². The molecule has 0 aliphatic carbocycles. The highest BCUT2D eigenvalue weighted by atomic mass is 16.5. The van der Waals surface area contributed by atoms with Gasteiger partial charge in [-0.15, -0.1) is 0 Å². The third-order valence-electron chi connectivity index (χ3n) is 5.51. The topological polar surface area (TPSA) is 60.0 Å². The Morgan fingerprint density at radius 2 is 1.73 bits per heavy atom. The number of hydrogen-bond donors (Lipinski definition) is 1. The lowest BCUT2D eigenvalue weighted by Crippen LogP contribution is -2.40. The standard InChI is InChI=1S/C24H32N2O4/c1-4-30-22-13-12-18(16-23(22)29-3)24(27)25-17-20(26-14-8-5-9-15-26)19-10-6-7-11-21(19)28-2/h6-7,10-13,16,20H,4-5,8-9,14-15,17H2,1-3H3,(H,25,27). The fourth-order valence-corrected chi connectivity index (χ4v) is 3.98. The van der Waals surface area contributed by atoms with E-state index in [0.717, 1.165) is 24.4 Å². The van der Waals surface area contributed by atoms with Crippen LogP contribution < -0.4 is 19.5 Å². The maximum Gasteiger partial charge on any atom is 0.251 e. The predicted octanol–water partition coefficient (Wildman–Crippen LogP) is 4.06. The minimum atomic E-state index is -0.131. The second-order valence-corrected chi connectivity index (χ2v) is 7.36. The molecule has 1 aliphatic heterocycles. The van der Waals surface area contributed by atoms with Crippen LogP contribution in [-0.2, 0) is 0 Å². The Morgan fingerprint density at radius 3 is 2.43 bits per heavy atom. The van der Waals surface area contributed by atoms with Crippen molar-refractivity contribution < 1.29 is 19.0 Å². The Morgan fingerprint density at radius 1 is 1.00 bits per heavy atom. The van der Waals surface area contributed by atoms with Crippen molar-refractivity contribution in [3.8, 4) is 17.2 Å². The SMILES string of the molecule is CCOc1ccc(C(=O)NCC(c2ccccc2OC)N2CCCCC2)cc1OC. The molecule has 0 aromatic heterocycles. The number of nitrogens with one attached hydrogen (secondary N) is 1. The van der Waals surface area contributed by atoms with Gasteiger partial charge in [0.15, 0.2) is 11.5 Å². The Bertz CT molecular complexity index is 834. The molecule has 2 aromatic carbocycles. The maximum absolute atomic E-state index is 12.9. The van der Waals surface area contributed by atoms with Gasteiger partial charge in [-0.1, -0.05) is 24.6 Å². The van der Waals surface area contributed by atoms with Crippen LogP contribution in [0.5, 0.6) is 17.2 Å². The van der Waals surface area contributed by atoms with E-state index in [1.165, 1.54) is 19.3 Å². The maximum atomic E-state index is 12.9. The van der Waals surface area contributed by atoms with E-state index in [0.29, 0.717) is 30.2 Å². The van der Waals surface area contributed by atoms with Gasteiger partial charge in [-0.25, -0.2) is 0 Å². The van der Waals surface area contributed by atoms with Gasteiger partial charge in [0.05, 0.1) is 26.9 Å². The van der Waals surface area contributed by atoms with Crippen LogP contribution in [-0.4, -0.2) is 51.3 Å². The summed E-state index contributed by atoms with van der Waals surface area (Å²) in [6.07, 6.45) is 3.61. The summed E-state index contributed by atoms with van der Waals surface area (Å²) in [5.41, 5.74) is 1.65. The van der Waals surface area contributed by atoms with E-state index in [1.54, 1.807) is 32.4 Å². The first-order chi connectivity index (χ1) is 14.7. The lowest BCUT2D eigenvalue weighted by molar-refractivity contribution is 0.0923. The van der Waals surface area contributed by atoms with Crippen LogP contribution in [0.4, 0.5) is 0 Å². The van der Waals surface area contributed by atoms with Crippen LogP contribution in [0.25, 0.3) is 0 Å². The van der Waals surface area contributed by atoms with Gasteiger partial charge in [0.1, 0.15) is 5.75 Å². The lowest BCUT2D eigenvalue weighted by atomic mass is 10.0. The summed E-state index contributed by atoms with van der Waals surface area (Å²) >= 11 is 0. The Kier molecular flexibility index (Phi) is 7.97. The van der Waals surface area contributed by atoms with Crippen molar-refractivity contribution >= 4 is 5.91 Å². The minimum absolute atomic E-state index is 0.0648. The molecule has 0 saturated carbocycles. The van der Waals surface area contributed by atoms with E-state index in [-0.39, 0.29) is 11.9 Å². The first-order valence-corrected chi connectivity index (χ1v) is 10.6. The predicted molar refractivity (Wildman–Crippen MR) is 118 cm³/mol. The van der Waals surface area contributed by atoms with E-state index in [4.69, 9.17) is 14.2 Å². The minimum Gasteiger partial charge on any atom is -0.496 e. The number of para-hydroxylation sites is 1. The van der Waals surface area contributed by atoms with Gasteiger partial charge in [0.2, 0.25) is 0 Å². The lowest BCUT2D eigenvalue weighted by Gasteiger charge is -2.35. The van der Waals surface area contributed by atoms with Crippen molar-refractivity contribution in [2.75, 3.05) is 40.5 Å². The fraction of sp³-hybridized carbons (Fsp3) is 0.458. The van der Waals surface area contributed by atoms with E-state index in [1.807, 2.05) is 25.1 Å². The molecule has 1 amide bonds. The quantitative estimate of drug-likeness (QED) is 0.673. The summed E-state index contributed by atoms with van der Waals surface area (Å²) in [5, 5.41) is 3.12. The number of likely N-dealkylation sites (tertiary alicyclic amines) is 1. The average molecular weight is 413 g/mol. The first-order valence-electron chi connectivity index (χ1n) is 10.6. The number of carbonyl (C=O) groups is 1. The second-order valence-electron chi connectivity index (χ2n) is 7.36. The van der Waals surface area contributed by atoms with Crippen molar-refractivity contribution in [3.05, 3.63) is 53.6 Å². The van der Waals surface area contributed by atoms with Crippen molar-refractivity contribution in [2.24, 2.45) is 0 Å². The molecular weight excluding hydrogens is 380 g/mol. The van der Waals surface area contributed by atoms with Gasteiger partial charge in [-0.05, 0) is 57.1 Å². The summed E-state index contributed by atoms with van der Waals surface area (Å²) in [6, 6.07) is 13.4. The summed E-state index contributed by atoms with van der Waals surface area (Å²) in [6.45, 7) is 5.01.